The third kappa shape index (κ3) is 4.91. The largest absolute Gasteiger partial charge is 0.385 e. The molecule has 0 heterocycles. The maximum Gasteiger partial charge on any atom is 0.261 e. The zero-order valence-corrected chi connectivity index (χ0v) is 18.1. The standard InChI is InChI=1S/C21H25ClN2O4S/c1-15-4-9-18(14-19(15)22)29(26,27)24-17-7-5-16(6-8-17)21(10-11-21)20(25)23-12-3-13-28-2/h4-9,14,24H,3,10-13H2,1-2H3,(H,23,25). The molecule has 0 saturated heterocycles. The third-order valence-electron chi connectivity index (χ3n) is 5.14. The number of amides is 1. The van der Waals surface area contributed by atoms with Crippen molar-refractivity contribution in [2.24, 2.45) is 0 Å². The number of aryl methyl sites for hydroxylation is 1. The molecule has 0 unspecified atom stereocenters. The SMILES string of the molecule is COCCCNC(=O)C1(c2ccc(NS(=O)(=O)c3ccc(C)c(Cl)c3)cc2)CC1. The zero-order chi connectivity index (χ0) is 21.1. The molecule has 0 aromatic heterocycles. The van der Waals surface area contributed by atoms with Gasteiger partial charge in [0, 0.05) is 31.0 Å². The smallest absolute Gasteiger partial charge is 0.261 e. The number of carbonyl (C=O) groups excluding carboxylic acids is 1. The van der Waals surface area contributed by atoms with E-state index in [1.54, 1.807) is 25.3 Å². The molecule has 1 fully saturated rings. The van der Waals surface area contributed by atoms with E-state index >= 15 is 0 Å². The molecule has 0 spiro atoms. The van der Waals surface area contributed by atoms with Gasteiger partial charge < -0.3 is 10.1 Å². The molecule has 0 bridgehead atoms. The number of halogens is 1. The first-order valence-electron chi connectivity index (χ1n) is 9.45. The third-order valence-corrected chi connectivity index (χ3v) is 6.92. The number of hydrogen-bond donors (Lipinski definition) is 2. The molecule has 0 aliphatic heterocycles. The van der Waals surface area contributed by atoms with Crippen molar-refractivity contribution in [1.29, 1.82) is 0 Å². The number of sulfonamides is 1. The lowest BCUT2D eigenvalue weighted by Gasteiger charge is -2.16. The van der Waals surface area contributed by atoms with E-state index in [-0.39, 0.29) is 10.8 Å². The number of ether oxygens (including phenoxy) is 1. The summed E-state index contributed by atoms with van der Waals surface area (Å²) in [5.41, 5.74) is 1.63. The minimum absolute atomic E-state index is 0.0104. The minimum Gasteiger partial charge on any atom is -0.385 e. The summed E-state index contributed by atoms with van der Waals surface area (Å²) in [7, 11) is -2.11. The van der Waals surface area contributed by atoms with Crippen molar-refractivity contribution in [2.45, 2.75) is 36.5 Å². The second-order valence-corrected chi connectivity index (χ2v) is 9.37. The van der Waals surface area contributed by atoms with Crippen molar-refractivity contribution in [3.05, 3.63) is 58.6 Å². The van der Waals surface area contributed by atoms with Crippen LogP contribution in [0, 0.1) is 6.92 Å². The van der Waals surface area contributed by atoms with Crippen LogP contribution in [0.4, 0.5) is 5.69 Å². The fourth-order valence-corrected chi connectivity index (χ4v) is 4.50. The quantitative estimate of drug-likeness (QED) is 0.588. The Bertz CT molecular complexity index is 986. The maximum absolute atomic E-state index is 12.6. The van der Waals surface area contributed by atoms with Gasteiger partial charge in [0.25, 0.3) is 10.0 Å². The van der Waals surface area contributed by atoms with E-state index < -0.39 is 15.4 Å². The van der Waals surface area contributed by atoms with Gasteiger partial charge in [0.05, 0.1) is 10.3 Å². The van der Waals surface area contributed by atoms with Gasteiger partial charge >= 0.3 is 0 Å². The van der Waals surface area contributed by atoms with Crippen molar-refractivity contribution >= 4 is 33.2 Å². The van der Waals surface area contributed by atoms with Crippen LogP contribution in [-0.4, -0.2) is 34.6 Å². The van der Waals surface area contributed by atoms with E-state index in [4.69, 9.17) is 16.3 Å². The molecule has 8 heteroatoms. The van der Waals surface area contributed by atoms with Crippen LogP contribution in [0.5, 0.6) is 0 Å². The highest BCUT2D eigenvalue weighted by Gasteiger charge is 2.50. The molecule has 0 atom stereocenters. The lowest BCUT2D eigenvalue weighted by atomic mass is 9.95. The second kappa shape index (κ2) is 8.73. The van der Waals surface area contributed by atoms with Crippen LogP contribution in [0.1, 0.15) is 30.4 Å². The molecule has 1 aliphatic rings. The fourth-order valence-electron chi connectivity index (χ4n) is 3.17. The summed E-state index contributed by atoms with van der Waals surface area (Å²) in [6.45, 7) is 2.99. The molecule has 2 aromatic carbocycles. The molecule has 2 aromatic rings. The Morgan fingerprint density at radius 3 is 2.45 bits per heavy atom. The lowest BCUT2D eigenvalue weighted by molar-refractivity contribution is -0.123. The Morgan fingerprint density at radius 2 is 1.86 bits per heavy atom. The van der Waals surface area contributed by atoms with E-state index in [0.29, 0.717) is 23.9 Å². The van der Waals surface area contributed by atoms with E-state index in [9.17, 15) is 13.2 Å². The van der Waals surface area contributed by atoms with E-state index in [0.717, 1.165) is 30.4 Å². The van der Waals surface area contributed by atoms with Crippen molar-refractivity contribution in [1.82, 2.24) is 5.32 Å². The highest BCUT2D eigenvalue weighted by atomic mass is 35.5. The van der Waals surface area contributed by atoms with Crippen molar-refractivity contribution in [3.8, 4) is 0 Å². The highest BCUT2D eigenvalue weighted by Crippen LogP contribution is 2.48. The highest BCUT2D eigenvalue weighted by molar-refractivity contribution is 7.92. The predicted molar refractivity (Wildman–Crippen MR) is 114 cm³/mol. The first-order valence-corrected chi connectivity index (χ1v) is 11.3. The maximum atomic E-state index is 12.6. The molecule has 2 N–H and O–H groups in total. The van der Waals surface area contributed by atoms with Gasteiger partial charge in [-0.05, 0) is 61.6 Å². The molecular weight excluding hydrogens is 412 g/mol. The minimum atomic E-state index is -3.74. The monoisotopic (exact) mass is 436 g/mol. The number of rotatable bonds is 9. The molecule has 1 aliphatic carbocycles. The molecule has 29 heavy (non-hydrogen) atoms. The Labute approximate surface area is 176 Å². The van der Waals surface area contributed by atoms with Gasteiger partial charge in [0.2, 0.25) is 5.91 Å². The summed E-state index contributed by atoms with van der Waals surface area (Å²) in [5, 5.41) is 3.36. The van der Waals surface area contributed by atoms with Crippen molar-refractivity contribution in [2.75, 3.05) is 25.0 Å². The van der Waals surface area contributed by atoms with Crippen molar-refractivity contribution < 1.29 is 17.9 Å². The Kier molecular flexibility index (Phi) is 6.51. The topological polar surface area (TPSA) is 84.5 Å². The number of methoxy groups -OCH3 is 1. The summed E-state index contributed by atoms with van der Waals surface area (Å²) in [6, 6.07) is 11.6. The molecule has 0 radical (unpaired) electrons. The fraction of sp³-hybridized carbons (Fsp3) is 0.381. The van der Waals surface area contributed by atoms with Crippen LogP contribution in [0.2, 0.25) is 5.02 Å². The second-order valence-electron chi connectivity index (χ2n) is 7.28. The summed E-state index contributed by atoms with van der Waals surface area (Å²) in [5.74, 6) is 0.0104. The Morgan fingerprint density at radius 1 is 1.17 bits per heavy atom. The van der Waals surface area contributed by atoms with Crippen LogP contribution in [0.25, 0.3) is 0 Å². The van der Waals surface area contributed by atoms with Gasteiger partial charge in [-0.25, -0.2) is 8.42 Å². The first kappa shape index (κ1) is 21.6. The van der Waals surface area contributed by atoms with Gasteiger partial charge in [0.15, 0.2) is 0 Å². The zero-order valence-electron chi connectivity index (χ0n) is 16.5. The normalized spacial score (nSPS) is 15.0. The number of nitrogens with one attached hydrogen (secondary N) is 2. The summed E-state index contributed by atoms with van der Waals surface area (Å²) >= 11 is 6.05. The summed E-state index contributed by atoms with van der Waals surface area (Å²) in [6.07, 6.45) is 2.34. The van der Waals surface area contributed by atoms with Gasteiger partial charge in [-0.3, -0.25) is 9.52 Å². The van der Waals surface area contributed by atoms with Crippen molar-refractivity contribution in [3.63, 3.8) is 0 Å². The molecule has 156 valence electrons. The van der Waals surface area contributed by atoms with Crippen LogP contribution in [0.15, 0.2) is 47.4 Å². The predicted octanol–water partition coefficient (Wildman–Crippen LogP) is 3.63. The number of hydrogen-bond acceptors (Lipinski definition) is 4. The first-order chi connectivity index (χ1) is 13.8. The molecule has 6 nitrogen and oxygen atoms in total. The average Bonchev–Trinajstić information content (AvgIpc) is 3.49. The molecule has 1 amide bonds. The van der Waals surface area contributed by atoms with E-state index in [2.05, 4.69) is 10.0 Å². The molecular formula is C21H25ClN2O4S. The number of carbonyl (C=O) groups is 1. The van der Waals surface area contributed by atoms with Crippen LogP contribution < -0.4 is 10.0 Å². The van der Waals surface area contributed by atoms with E-state index in [1.807, 2.05) is 19.1 Å². The van der Waals surface area contributed by atoms with Gasteiger partial charge in [-0.1, -0.05) is 29.8 Å². The number of anilines is 1. The van der Waals surface area contributed by atoms with E-state index in [1.165, 1.54) is 12.1 Å². The van der Waals surface area contributed by atoms with Gasteiger partial charge in [-0.15, -0.1) is 0 Å². The molecule has 1 saturated carbocycles. The van der Waals surface area contributed by atoms with Gasteiger partial charge in [-0.2, -0.15) is 0 Å². The lowest BCUT2D eigenvalue weighted by Crippen LogP contribution is -2.35. The molecule has 3 rings (SSSR count). The van der Waals surface area contributed by atoms with Crippen LogP contribution >= 0.6 is 11.6 Å². The average molecular weight is 437 g/mol. The Balaban J connectivity index is 1.68. The van der Waals surface area contributed by atoms with Gasteiger partial charge in [0.1, 0.15) is 0 Å². The van der Waals surface area contributed by atoms with Crippen LogP contribution in [-0.2, 0) is 25.0 Å². The Hall–Kier alpha value is -2.09. The van der Waals surface area contributed by atoms with Crippen LogP contribution in [0.3, 0.4) is 0 Å². The number of benzene rings is 2. The summed E-state index contributed by atoms with van der Waals surface area (Å²) in [4.78, 5) is 12.7. The summed E-state index contributed by atoms with van der Waals surface area (Å²) < 4.78 is 32.7.